The van der Waals surface area contributed by atoms with Gasteiger partial charge in [-0.3, -0.25) is 4.79 Å². The Morgan fingerprint density at radius 3 is 2.38 bits per heavy atom. The molecular formula is C24H17ClN2O4S. The van der Waals surface area contributed by atoms with E-state index in [4.69, 9.17) is 15.8 Å². The molecule has 0 saturated carbocycles. The molecule has 0 aliphatic carbocycles. The van der Waals surface area contributed by atoms with E-state index < -0.39 is 16.0 Å². The van der Waals surface area contributed by atoms with Gasteiger partial charge in [0, 0.05) is 10.6 Å². The summed E-state index contributed by atoms with van der Waals surface area (Å²) in [7, 11) is -3.98. The highest BCUT2D eigenvalue weighted by molar-refractivity contribution is 7.87. The summed E-state index contributed by atoms with van der Waals surface area (Å²) in [5, 5.41) is 6.11. The fourth-order valence-electron chi connectivity index (χ4n) is 2.97. The number of hydrazone groups is 1. The van der Waals surface area contributed by atoms with Crippen LogP contribution < -0.4 is 9.61 Å². The van der Waals surface area contributed by atoms with Crippen LogP contribution in [-0.2, 0) is 10.1 Å². The fourth-order valence-corrected chi connectivity index (χ4v) is 4.12. The summed E-state index contributed by atoms with van der Waals surface area (Å²) < 4.78 is 30.5. The molecule has 0 spiro atoms. The third-order valence-electron chi connectivity index (χ3n) is 4.56. The second kappa shape index (κ2) is 9.21. The van der Waals surface area contributed by atoms with Gasteiger partial charge >= 0.3 is 10.1 Å². The summed E-state index contributed by atoms with van der Waals surface area (Å²) in [5.41, 5.74) is 3.44. The van der Waals surface area contributed by atoms with Gasteiger partial charge < -0.3 is 4.18 Å². The first kappa shape index (κ1) is 21.5. The van der Waals surface area contributed by atoms with Crippen molar-refractivity contribution in [1.82, 2.24) is 5.43 Å². The van der Waals surface area contributed by atoms with Gasteiger partial charge in [-0.05, 0) is 70.9 Å². The fraction of sp³-hybridized carbons (Fsp3) is 0. The molecule has 8 heteroatoms. The third kappa shape index (κ3) is 5.14. The first-order valence-corrected chi connectivity index (χ1v) is 11.3. The zero-order valence-electron chi connectivity index (χ0n) is 16.6. The van der Waals surface area contributed by atoms with Gasteiger partial charge in [0.15, 0.2) is 0 Å². The van der Waals surface area contributed by atoms with E-state index in [1.54, 1.807) is 42.5 Å². The molecule has 0 radical (unpaired) electrons. The molecule has 4 aromatic carbocycles. The van der Waals surface area contributed by atoms with E-state index >= 15 is 0 Å². The van der Waals surface area contributed by atoms with E-state index in [2.05, 4.69) is 10.5 Å². The van der Waals surface area contributed by atoms with Crippen LogP contribution >= 0.6 is 11.6 Å². The minimum atomic E-state index is -3.98. The highest BCUT2D eigenvalue weighted by atomic mass is 35.5. The zero-order chi connectivity index (χ0) is 22.6. The molecule has 4 rings (SSSR count). The Labute approximate surface area is 190 Å². The summed E-state index contributed by atoms with van der Waals surface area (Å²) in [4.78, 5) is 12.1. The molecule has 0 fully saturated rings. The summed E-state index contributed by atoms with van der Waals surface area (Å²) in [5.74, 6) is -0.233. The molecule has 0 aliphatic rings. The number of hydrogen-bond donors (Lipinski definition) is 1. The number of fused-ring (bicyclic) bond motifs is 1. The Balaban J connectivity index is 1.41. The number of nitrogens with zero attached hydrogens (tertiary/aromatic N) is 1. The van der Waals surface area contributed by atoms with Crippen molar-refractivity contribution in [2.75, 3.05) is 0 Å². The largest absolute Gasteiger partial charge is 0.379 e. The molecule has 0 atom stereocenters. The molecule has 0 aliphatic heterocycles. The topological polar surface area (TPSA) is 84.8 Å². The molecule has 0 saturated heterocycles. The van der Waals surface area contributed by atoms with E-state index in [1.165, 1.54) is 30.5 Å². The molecule has 0 aromatic heterocycles. The molecule has 4 aromatic rings. The predicted molar refractivity (Wildman–Crippen MR) is 125 cm³/mol. The Bertz CT molecular complexity index is 1420. The van der Waals surface area contributed by atoms with Gasteiger partial charge in [0.05, 0.1) is 6.21 Å². The second-order valence-electron chi connectivity index (χ2n) is 6.82. The van der Waals surface area contributed by atoms with Gasteiger partial charge in [0.2, 0.25) is 0 Å². The summed E-state index contributed by atoms with van der Waals surface area (Å²) >= 11 is 5.87. The van der Waals surface area contributed by atoms with Gasteiger partial charge in [-0.2, -0.15) is 13.5 Å². The number of rotatable bonds is 6. The summed E-state index contributed by atoms with van der Waals surface area (Å²) in [6.07, 6.45) is 1.43. The summed E-state index contributed by atoms with van der Waals surface area (Å²) in [6.45, 7) is 0. The Morgan fingerprint density at radius 1 is 0.875 bits per heavy atom. The van der Waals surface area contributed by atoms with Crippen molar-refractivity contribution in [3.8, 4) is 5.75 Å². The Kier molecular flexibility index (Phi) is 6.20. The zero-order valence-corrected chi connectivity index (χ0v) is 18.2. The molecule has 0 heterocycles. The van der Waals surface area contributed by atoms with Crippen molar-refractivity contribution < 1.29 is 17.4 Å². The summed E-state index contributed by atoms with van der Waals surface area (Å²) in [6, 6.07) is 25.1. The van der Waals surface area contributed by atoms with Crippen LogP contribution in [-0.4, -0.2) is 20.5 Å². The van der Waals surface area contributed by atoms with Crippen LogP contribution in [0.1, 0.15) is 15.9 Å². The third-order valence-corrected chi connectivity index (χ3v) is 6.04. The van der Waals surface area contributed by atoms with Crippen molar-refractivity contribution in [2.45, 2.75) is 4.90 Å². The van der Waals surface area contributed by atoms with Crippen LogP contribution in [0.3, 0.4) is 0 Å². The molecule has 1 amide bonds. The molecule has 160 valence electrons. The number of carbonyl (C=O) groups excluding carboxylic acids is 1. The van der Waals surface area contributed by atoms with Gasteiger partial charge in [-0.15, -0.1) is 0 Å². The molecule has 1 N–H and O–H groups in total. The van der Waals surface area contributed by atoms with E-state index in [0.29, 0.717) is 16.1 Å². The number of hydrogen-bond acceptors (Lipinski definition) is 5. The van der Waals surface area contributed by atoms with Crippen molar-refractivity contribution in [3.63, 3.8) is 0 Å². The van der Waals surface area contributed by atoms with Crippen molar-refractivity contribution in [1.29, 1.82) is 0 Å². The van der Waals surface area contributed by atoms with Crippen molar-refractivity contribution in [3.05, 3.63) is 107 Å². The predicted octanol–water partition coefficient (Wildman–Crippen LogP) is 5.02. The Hall–Kier alpha value is -3.68. The Morgan fingerprint density at radius 2 is 1.62 bits per heavy atom. The number of benzene rings is 4. The lowest BCUT2D eigenvalue weighted by Gasteiger charge is -2.08. The number of nitrogens with one attached hydrogen (secondary N) is 1. The number of amides is 1. The average Bonchev–Trinajstić information content (AvgIpc) is 2.79. The van der Waals surface area contributed by atoms with Gasteiger partial charge in [-0.25, -0.2) is 5.43 Å². The highest BCUT2D eigenvalue weighted by Crippen LogP contribution is 2.23. The lowest BCUT2D eigenvalue weighted by molar-refractivity contribution is 0.0955. The molecule has 32 heavy (non-hydrogen) atoms. The second-order valence-corrected chi connectivity index (χ2v) is 8.81. The van der Waals surface area contributed by atoms with E-state index in [1.807, 2.05) is 24.3 Å². The quantitative estimate of drug-likeness (QED) is 0.246. The van der Waals surface area contributed by atoms with Crippen LogP contribution in [0.4, 0.5) is 0 Å². The van der Waals surface area contributed by atoms with Gasteiger partial charge in [0.1, 0.15) is 10.6 Å². The van der Waals surface area contributed by atoms with Crippen molar-refractivity contribution in [2.24, 2.45) is 5.10 Å². The normalized spacial score (nSPS) is 11.5. The SMILES string of the molecule is O=C(N/N=C\c1ccc(OS(=O)(=O)c2ccc3ccccc3c2)cc1)c1cccc(Cl)c1. The van der Waals surface area contributed by atoms with Crippen molar-refractivity contribution >= 4 is 44.6 Å². The minimum absolute atomic E-state index is 0.0746. The molecule has 0 bridgehead atoms. The maximum Gasteiger partial charge on any atom is 0.339 e. The molecule has 6 nitrogen and oxygen atoms in total. The average molecular weight is 465 g/mol. The lowest BCUT2D eigenvalue weighted by Crippen LogP contribution is -2.17. The molecule has 0 unspecified atom stereocenters. The first-order valence-electron chi connectivity index (χ1n) is 9.53. The minimum Gasteiger partial charge on any atom is -0.379 e. The van der Waals surface area contributed by atoms with Gasteiger partial charge in [0.25, 0.3) is 5.91 Å². The monoisotopic (exact) mass is 464 g/mol. The number of carbonyl (C=O) groups is 1. The van der Waals surface area contributed by atoms with Crippen LogP contribution in [0.15, 0.2) is 101 Å². The van der Waals surface area contributed by atoms with Crippen LogP contribution in [0.25, 0.3) is 10.8 Å². The standard InChI is InChI=1S/C24H17ClN2O4S/c25-21-7-3-6-20(14-21)24(28)27-26-16-17-8-11-22(12-9-17)31-32(29,30)23-13-10-18-4-1-2-5-19(18)15-23/h1-16H,(H,27,28)/b26-16-. The molecular weight excluding hydrogens is 448 g/mol. The van der Waals surface area contributed by atoms with E-state index in [0.717, 1.165) is 10.8 Å². The smallest absolute Gasteiger partial charge is 0.339 e. The first-order chi connectivity index (χ1) is 15.4. The van der Waals surface area contributed by atoms with Crippen LogP contribution in [0, 0.1) is 0 Å². The van der Waals surface area contributed by atoms with E-state index in [-0.39, 0.29) is 10.6 Å². The number of halogens is 1. The lowest BCUT2D eigenvalue weighted by atomic mass is 10.1. The van der Waals surface area contributed by atoms with E-state index in [9.17, 15) is 13.2 Å². The highest BCUT2D eigenvalue weighted by Gasteiger charge is 2.17. The van der Waals surface area contributed by atoms with Crippen LogP contribution in [0.5, 0.6) is 5.75 Å². The van der Waals surface area contributed by atoms with Gasteiger partial charge in [-0.1, -0.05) is 48.0 Å². The maximum atomic E-state index is 12.6. The van der Waals surface area contributed by atoms with Crippen LogP contribution in [0.2, 0.25) is 5.02 Å². The maximum absolute atomic E-state index is 12.6.